The first-order valence-corrected chi connectivity index (χ1v) is 13.1. The van der Waals surface area contributed by atoms with E-state index in [1.54, 1.807) is 0 Å². The third kappa shape index (κ3) is 6.10. The Morgan fingerprint density at radius 1 is 1.06 bits per heavy atom. The summed E-state index contributed by atoms with van der Waals surface area (Å²) in [5, 5.41) is 0.871. The molecule has 4 nitrogen and oxygen atoms in total. The monoisotopic (exact) mass is 467 g/mol. The van der Waals surface area contributed by atoms with Crippen LogP contribution in [0.2, 0.25) is 0 Å². The van der Waals surface area contributed by atoms with Crippen molar-refractivity contribution in [1.29, 1.82) is 0 Å². The van der Waals surface area contributed by atoms with Crippen molar-refractivity contribution in [1.82, 2.24) is 9.80 Å². The minimum atomic E-state index is 0.314. The van der Waals surface area contributed by atoms with Crippen molar-refractivity contribution in [3.8, 4) is 0 Å². The molecule has 0 spiro atoms. The van der Waals surface area contributed by atoms with Crippen molar-refractivity contribution in [2.45, 2.75) is 58.3 Å². The van der Waals surface area contributed by atoms with Gasteiger partial charge in [-0.2, -0.15) is 0 Å². The summed E-state index contributed by atoms with van der Waals surface area (Å²) in [6.45, 7) is 12.6. The molecular weight excluding hydrogens is 430 g/mol. The molecule has 0 aromatic heterocycles. The number of halogens is 1. The number of allylic oxidation sites excluding steroid dienone is 4. The number of hydrogen-bond acceptors (Lipinski definition) is 3. The molecule has 1 aromatic carbocycles. The predicted molar refractivity (Wildman–Crippen MR) is 139 cm³/mol. The molecule has 3 aliphatic rings. The van der Waals surface area contributed by atoms with Gasteiger partial charge in [-0.1, -0.05) is 43.3 Å². The second-order valence-corrected chi connectivity index (χ2v) is 10.0. The van der Waals surface area contributed by atoms with Crippen LogP contribution in [0, 0.1) is 0 Å². The summed E-state index contributed by atoms with van der Waals surface area (Å²) < 4.78 is 0. The van der Waals surface area contributed by atoms with E-state index in [1.807, 2.05) is 17.1 Å². The van der Waals surface area contributed by atoms with Gasteiger partial charge in [-0.25, -0.2) is 0 Å². The van der Waals surface area contributed by atoms with E-state index >= 15 is 0 Å². The Morgan fingerprint density at radius 2 is 1.82 bits per heavy atom. The summed E-state index contributed by atoms with van der Waals surface area (Å²) in [6.07, 6.45) is 14.3. The standard InChI is InChI=1S/C28H38ClN3O/c1-3-26(29)11-6-8-22(2)31-18-16-30(17-19-31)14-5-4-9-23-20-24-10-7-15-32-27(33)13-12-25(21-23)28(24)32/h6,8,11,20-21H,2-5,7,9-10,12-19H2,1H3/b8-6-,26-11+. The van der Waals surface area contributed by atoms with Gasteiger partial charge in [-0.05, 0) is 80.3 Å². The molecule has 178 valence electrons. The van der Waals surface area contributed by atoms with Crippen molar-refractivity contribution >= 4 is 23.2 Å². The Bertz CT molecular complexity index is 910. The lowest BCUT2D eigenvalue weighted by atomic mass is 9.89. The summed E-state index contributed by atoms with van der Waals surface area (Å²) in [4.78, 5) is 19.3. The second-order valence-electron chi connectivity index (χ2n) is 9.51. The highest BCUT2D eigenvalue weighted by Gasteiger charge is 2.29. The van der Waals surface area contributed by atoms with Crippen LogP contribution in [0.15, 0.2) is 47.7 Å². The van der Waals surface area contributed by atoms with Gasteiger partial charge in [0.05, 0.1) is 5.69 Å². The molecule has 5 heteroatoms. The lowest BCUT2D eigenvalue weighted by molar-refractivity contribution is -0.119. The summed E-state index contributed by atoms with van der Waals surface area (Å²) in [5.74, 6) is 0.314. The molecule has 0 saturated carbocycles. The number of hydrogen-bond donors (Lipinski definition) is 0. The molecule has 0 radical (unpaired) electrons. The molecule has 0 atom stereocenters. The minimum Gasteiger partial charge on any atom is -0.369 e. The van der Waals surface area contributed by atoms with Crippen LogP contribution in [0.4, 0.5) is 5.69 Å². The Hall–Kier alpha value is -2.04. The topological polar surface area (TPSA) is 26.8 Å². The van der Waals surface area contributed by atoms with Crippen LogP contribution in [-0.4, -0.2) is 55.0 Å². The van der Waals surface area contributed by atoms with E-state index < -0.39 is 0 Å². The van der Waals surface area contributed by atoms with Crippen molar-refractivity contribution < 1.29 is 4.79 Å². The maximum atomic E-state index is 12.3. The number of carbonyl (C=O) groups excluding carboxylic acids is 1. The van der Waals surface area contributed by atoms with Crippen LogP contribution in [-0.2, 0) is 24.1 Å². The average molecular weight is 468 g/mol. The maximum Gasteiger partial charge on any atom is 0.227 e. The van der Waals surface area contributed by atoms with Crippen LogP contribution < -0.4 is 4.90 Å². The zero-order chi connectivity index (χ0) is 23.2. The van der Waals surface area contributed by atoms with Crippen molar-refractivity contribution in [3.63, 3.8) is 0 Å². The van der Waals surface area contributed by atoms with Crippen LogP contribution in [0.3, 0.4) is 0 Å². The van der Waals surface area contributed by atoms with E-state index in [9.17, 15) is 4.79 Å². The van der Waals surface area contributed by atoms with E-state index in [4.69, 9.17) is 11.6 Å². The number of rotatable bonds is 9. The molecule has 1 saturated heterocycles. The summed E-state index contributed by atoms with van der Waals surface area (Å²) in [7, 11) is 0. The quantitative estimate of drug-likeness (QED) is 0.356. The fourth-order valence-electron chi connectivity index (χ4n) is 5.28. The van der Waals surface area contributed by atoms with E-state index in [2.05, 4.69) is 41.5 Å². The third-order valence-electron chi connectivity index (χ3n) is 7.21. The van der Waals surface area contributed by atoms with Gasteiger partial charge in [0.2, 0.25) is 5.91 Å². The number of aryl methyl sites for hydroxylation is 3. The minimum absolute atomic E-state index is 0.314. The van der Waals surface area contributed by atoms with Gasteiger partial charge >= 0.3 is 0 Å². The van der Waals surface area contributed by atoms with Gasteiger partial charge in [0.1, 0.15) is 0 Å². The zero-order valence-corrected chi connectivity index (χ0v) is 20.9. The number of carbonyl (C=O) groups is 1. The Morgan fingerprint density at radius 3 is 2.58 bits per heavy atom. The SMILES string of the molecule is C=C(/C=C\C=C(\Cl)CC)N1CCN(CCCCc2cc3c4c(c2)CCC(=O)N4CCC3)CC1. The number of anilines is 1. The normalized spacial score (nSPS) is 19.3. The molecule has 0 unspecified atom stereocenters. The van der Waals surface area contributed by atoms with E-state index in [0.717, 1.165) is 75.6 Å². The van der Waals surface area contributed by atoms with Gasteiger partial charge in [0.25, 0.3) is 0 Å². The Balaban J connectivity index is 1.20. The predicted octanol–water partition coefficient (Wildman–Crippen LogP) is 5.45. The first-order chi connectivity index (χ1) is 16.0. The van der Waals surface area contributed by atoms with Gasteiger partial charge in [-0.3, -0.25) is 9.69 Å². The summed E-state index contributed by atoms with van der Waals surface area (Å²) in [6, 6.07) is 4.76. The Labute approximate surface area is 204 Å². The summed E-state index contributed by atoms with van der Waals surface area (Å²) >= 11 is 6.06. The molecule has 0 aliphatic carbocycles. The summed E-state index contributed by atoms with van der Waals surface area (Å²) in [5.41, 5.74) is 6.59. The average Bonchev–Trinajstić information content (AvgIpc) is 2.84. The molecule has 4 rings (SSSR count). The van der Waals surface area contributed by atoms with Crippen LogP contribution >= 0.6 is 11.6 Å². The molecule has 1 fully saturated rings. The van der Waals surface area contributed by atoms with Crippen LogP contribution in [0.5, 0.6) is 0 Å². The number of amides is 1. The maximum absolute atomic E-state index is 12.3. The number of piperazine rings is 1. The number of benzene rings is 1. The molecule has 3 heterocycles. The van der Waals surface area contributed by atoms with Crippen molar-refractivity contribution in [3.05, 3.63) is 64.4 Å². The van der Waals surface area contributed by atoms with Gasteiger partial charge in [0.15, 0.2) is 0 Å². The smallest absolute Gasteiger partial charge is 0.227 e. The first kappa shape index (κ1) is 24.1. The Kier molecular flexibility index (Phi) is 8.32. The van der Waals surface area contributed by atoms with E-state index in [-0.39, 0.29) is 0 Å². The van der Waals surface area contributed by atoms with Gasteiger partial charge < -0.3 is 9.80 Å². The number of unbranched alkanes of at least 4 members (excludes halogenated alkanes) is 1. The molecule has 33 heavy (non-hydrogen) atoms. The molecule has 1 aromatic rings. The number of nitrogens with zero attached hydrogens (tertiary/aromatic N) is 3. The van der Waals surface area contributed by atoms with Crippen LogP contribution in [0.25, 0.3) is 0 Å². The third-order valence-corrected chi connectivity index (χ3v) is 7.60. The lowest BCUT2D eigenvalue weighted by Gasteiger charge is -2.36. The fraction of sp³-hybridized carbons (Fsp3) is 0.536. The molecule has 3 aliphatic heterocycles. The molecule has 0 bridgehead atoms. The molecule has 1 amide bonds. The highest BCUT2D eigenvalue weighted by Crippen LogP contribution is 2.36. The van der Waals surface area contributed by atoms with Crippen LogP contribution in [0.1, 0.15) is 55.7 Å². The van der Waals surface area contributed by atoms with Gasteiger partial charge in [0, 0.05) is 49.9 Å². The molecular formula is C28H38ClN3O. The molecule has 0 N–H and O–H groups in total. The van der Waals surface area contributed by atoms with E-state index in [0.29, 0.717) is 12.3 Å². The van der Waals surface area contributed by atoms with E-state index in [1.165, 1.54) is 41.8 Å². The zero-order valence-electron chi connectivity index (χ0n) is 20.1. The highest BCUT2D eigenvalue weighted by molar-refractivity contribution is 6.29. The van der Waals surface area contributed by atoms with Crippen molar-refractivity contribution in [2.75, 3.05) is 44.2 Å². The van der Waals surface area contributed by atoms with Gasteiger partial charge in [-0.15, -0.1) is 0 Å². The lowest BCUT2D eigenvalue weighted by Crippen LogP contribution is -2.45. The second kappa shape index (κ2) is 11.4. The van der Waals surface area contributed by atoms with Crippen molar-refractivity contribution in [2.24, 2.45) is 0 Å². The first-order valence-electron chi connectivity index (χ1n) is 12.7. The largest absolute Gasteiger partial charge is 0.369 e. The fourth-order valence-corrected chi connectivity index (χ4v) is 5.35. The highest BCUT2D eigenvalue weighted by atomic mass is 35.5.